The molecule has 2 rings (SSSR count). The van der Waals surface area contributed by atoms with E-state index in [4.69, 9.17) is 0 Å². The zero-order chi connectivity index (χ0) is 13.0. The van der Waals surface area contributed by atoms with Gasteiger partial charge >= 0.3 is 0 Å². The fourth-order valence-corrected chi connectivity index (χ4v) is 2.23. The minimum absolute atomic E-state index is 0.0965. The molecule has 1 amide bonds. The van der Waals surface area contributed by atoms with Gasteiger partial charge in [-0.25, -0.2) is 0 Å². The predicted molar refractivity (Wildman–Crippen MR) is 80.3 cm³/mol. The Labute approximate surface area is 119 Å². The first kappa shape index (κ1) is 13.2. The highest BCUT2D eigenvalue weighted by atomic mass is 79.9. The number of carbonyl (C=O) groups is 1. The molecule has 0 aromatic heterocycles. The van der Waals surface area contributed by atoms with Crippen molar-refractivity contribution < 1.29 is 4.79 Å². The van der Waals surface area contributed by atoms with Gasteiger partial charge in [0.2, 0.25) is 0 Å². The Morgan fingerprint density at radius 2 is 1.89 bits per heavy atom. The molecular weight excluding hydrogens is 310 g/mol. The SMILES string of the molecule is CSc1cccc(NC(=O)c2ccc(Br)cc2)c1. The molecular formula is C14H12BrNOS. The van der Waals surface area contributed by atoms with Gasteiger partial charge in [-0.05, 0) is 48.7 Å². The van der Waals surface area contributed by atoms with Crippen molar-refractivity contribution in [3.8, 4) is 0 Å². The highest BCUT2D eigenvalue weighted by Crippen LogP contribution is 2.19. The lowest BCUT2D eigenvalue weighted by Crippen LogP contribution is -2.11. The average molecular weight is 322 g/mol. The van der Waals surface area contributed by atoms with E-state index in [9.17, 15) is 4.79 Å². The summed E-state index contributed by atoms with van der Waals surface area (Å²) < 4.78 is 0.962. The van der Waals surface area contributed by atoms with Gasteiger partial charge in [-0.15, -0.1) is 11.8 Å². The van der Waals surface area contributed by atoms with Gasteiger partial charge in [0, 0.05) is 20.6 Å². The van der Waals surface area contributed by atoms with Gasteiger partial charge in [-0.1, -0.05) is 22.0 Å². The van der Waals surface area contributed by atoms with Crippen LogP contribution < -0.4 is 5.32 Å². The molecule has 0 unspecified atom stereocenters. The van der Waals surface area contributed by atoms with E-state index < -0.39 is 0 Å². The minimum atomic E-state index is -0.0965. The van der Waals surface area contributed by atoms with Crippen molar-refractivity contribution >= 4 is 39.3 Å². The number of rotatable bonds is 3. The van der Waals surface area contributed by atoms with Crippen LogP contribution in [0, 0.1) is 0 Å². The maximum absolute atomic E-state index is 12.0. The Balaban J connectivity index is 2.13. The van der Waals surface area contributed by atoms with Crippen LogP contribution in [0.25, 0.3) is 0 Å². The Kier molecular flexibility index (Phi) is 4.44. The molecule has 0 heterocycles. The molecule has 0 spiro atoms. The normalized spacial score (nSPS) is 10.1. The Morgan fingerprint density at radius 1 is 1.17 bits per heavy atom. The number of benzene rings is 2. The van der Waals surface area contributed by atoms with Crippen LogP contribution in [-0.4, -0.2) is 12.2 Å². The van der Waals surface area contributed by atoms with E-state index in [1.54, 1.807) is 23.9 Å². The Bertz CT molecular complexity index is 554. The topological polar surface area (TPSA) is 29.1 Å². The van der Waals surface area contributed by atoms with Crippen LogP contribution >= 0.6 is 27.7 Å². The van der Waals surface area contributed by atoms with E-state index in [0.717, 1.165) is 15.1 Å². The molecule has 0 aliphatic carbocycles. The molecule has 0 bridgehead atoms. The Hall–Kier alpha value is -1.26. The highest BCUT2D eigenvalue weighted by Gasteiger charge is 2.05. The summed E-state index contributed by atoms with van der Waals surface area (Å²) in [4.78, 5) is 13.1. The second-order valence-corrected chi connectivity index (χ2v) is 5.49. The molecule has 2 aromatic rings. The van der Waals surface area contributed by atoms with Gasteiger partial charge in [0.05, 0.1) is 0 Å². The number of thioether (sulfide) groups is 1. The van der Waals surface area contributed by atoms with E-state index in [2.05, 4.69) is 21.2 Å². The molecule has 4 heteroatoms. The quantitative estimate of drug-likeness (QED) is 0.848. The van der Waals surface area contributed by atoms with Crippen molar-refractivity contribution in [2.45, 2.75) is 4.90 Å². The first-order valence-electron chi connectivity index (χ1n) is 5.40. The first-order valence-corrected chi connectivity index (χ1v) is 7.42. The first-order chi connectivity index (χ1) is 8.69. The summed E-state index contributed by atoms with van der Waals surface area (Å²) in [7, 11) is 0. The lowest BCUT2D eigenvalue weighted by Gasteiger charge is -2.06. The van der Waals surface area contributed by atoms with Gasteiger partial charge in [0.25, 0.3) is 5.91 Å². The van der Waals surface area contributed by atoms with Crippen LogP contribution in [0.4, 0.5) is 5.69 Å². The monoisotopic (exact) mass is 321 g/mol. The summed E-state index contributed by atoms with van der Waals surface area (Å²) in [6, 6.07) is 15.1. The van der Waals surface area contributed by atoms with Crippen LogP contribution in [0.1, 0.15) is 10.4 Å². The number of anilines is 1. The summed E-state index contributed by atoms with van der Waals surface area (Å²) in [6.45, 7) is 0. The van der Waals surface area contributed by atoms with E-state index in [1.807, 2.05) is 42.7 Å². The van der Waals surface area contributed by atoms with E-state index in [-0.39, 0.29) is 5.91 Å². The van der Waals surface area contributed by atoms with Crippen molar-refractivity contribution in [2.24, 2.45) is 0 Å². The van der Waals surface area contributed by atoms with Crippen molar-refractivity contribution in [3.63, 3.8) is 0 Å². The smallest absolute Gasteiger partial charge is 0.255 e. The molecule has 0 fully saturated rings. The lowest BCUT2D eigenvalue weighted by atomic mass is 10.2. The molecule has 0 aliphatic rings. The third kappa shape index (κ3) is 3.37. The van der Waals surface area contributed by atoms with Crippen molar-refractivity contribution in [3.05, 3.63) is 58.6 Å². The van der Waals surface area contributed by atoms with Crippen LogP contribution in [0.3, 0.4) is 0 Å². The molecule has 0 saturated heterocycles. The number of amides is 1. The average Bonchev–Trinajstić information content (AvgIpc) is 2.39. The lowest BCUT2D eigenvalue weighted by molar-refractivity contribution is 0.102. The third-order valence-electron chi connectivity index (χ3n) is 2.43. The van der Waals surface area contributed by atoms with Crippen LogP contribution in [-0.2, 0) is 0 Å². The van der Waals surface area contributed by atoms with Crippen LogP contribution in [0.5, 0.6) is 0 Å². The zero-order valence-electron chi connectivity index (χ0n) is 9.81. The maximum atomic E-state index is 12.0. The Morgan fingerprint density at radius 3 is 2.56 bits per heavy atom. The summed E-state index contributed by atoms with van der Waals surface area (Å²) in [5, 5.41) is 2.88. The predicted octanol–water partition coefficient (Wildman–Crippen LogP) is 4.42. The number of halogens is 1. The molecule has 0 saturated carbocycles. The zero-order valence-corrected chi connectivity index (χ0v) is 12.2. The van der Waals surface area contributed by atoms with Gasteiger partial charge in [0.1, 0.15) is 0 Å². The summed E-state index contributed by atoms with van der Waals surface area (Å²) in [5.41, 5.74) is 1.46. The number of hydrogen-bond acceptors (Lipinski definition) is 2. The number of hydrogen-bond donors (Lipinski definition) is 1. The van der Waals surface area contributed by atoms with Crippen molar-refractivity contribution in [1.29, 1.82) is 0 Å². The maximum Gasteiger partial charge on any atom is 0.255 e. The summed E-state index contributed by atoms with van der Waals surface area (Å²) in [6.07, 6.45) is 2.01. The van der Waals surface area contributed by atoms with Crippen LogP contribution in [0.2, 0.25) is 0 Å². The van der Waals surface area contributed by atoms with Crippen LogP contribution in [0.15, 0.2) is 57.9 Å². The van der Waals surface area contributed by atoms with Crippen molar-refractivity contribution in [2.75, 3.05) is 11.6 Å². The van der Waals surface area contributed by atoms with Gasteiger partial charge in [-0.2, -0.15) is 0 Å². The molecule has 18 heavy (non-hydrogen) atoms. The van der Waals surface area contributed by atoms with E-state index >= 15 is 0 Å². The van der Waals surface area contributed by atoms with Gasteiger partial charge in [-0.3, -0.25) is 4.79 Å². The van der Waals surface area contributed by atoms with E-state index in [0.29, 0.717) is 5.56 Å². The largest absolute Gasteiger partial charge is 0.322 e. The van der Waals surface area contributed by atoms with E-state index in [1.165, 1.54) is 0 Å². The molecule has 92 valence electrons. The standard InChI is InChI=1S/C14H12BrNOS/c1-18-13-4-2-3-12(9-13)16-14(17)10-5-7-11(15)8-6-10/h2-9H,1H3,(H,16,17). The summed E-state index contributed by atoms with van der Waals surface area (Å²) >= 11 is 5.00. The molecule has 0 radical (unpaired) electrons. The number of carbonyl (C=O) groups excluding carboxylic acids is 1. The molecule has 0 aliphatic heterocycles. The summed E-state index contributed by atoms with van der Waals surface area (Å²) in [5.74, 6) is -0.0965. The third-order valence-corrected chi connectivity index (χ3v) is 3.69. The van der Waals surface area contributed by atoms with Gasteiger partial charge in [0.15, 0.2) is 0 Å². The highest BCUT2D eigenvalue weighted by molar-refractivity contribution is 9.10. The van der Waals surface area contributed by atoms with Gasteiger partial charge < -0.3 is 5.32 Å². The molecule has 0 atom stereocenters. The number of nitrogens with one attached hydrogen (secondary N) is 1. The minimum Gasteiger partial charge on any atom is -0.322 e. The second-order valence-electron chi connectivity index (χ2n) is 3.69. The fourth-order valence-electron chi connectivity index (χ4n) is 1.51. The fraction of sp³-hybridized carbons (Fsp3) is 0.0714. The van der Waals surface area contributed by atoms with Crippen molar-refractivity contribution in [1.82, 2.24) is 0 Å². The molecule has 1 N–H and O–H groups in total. The second kappa shape index (κ2) is 6.07. The molecule has 2 nitrogen and oxygen atoms in total. The molecule has 2 aromatic carbocycles.